The quantitative estimate of drug-likeness (QED) is 0.245. The van der Waals surface area contributed by atoms with Crippen molar-refractivity contribution in [3.05, 3.63) is 22.7 Å². The lowest BCUT2D eigenvalue weighted by Crippen LogP contribution is -2.55. The fourth-order valence-corrected chi connectivity index (χ4v) is 15.7. The van der Waals surface area contributed by atoms with Gasteiger partial charge in [-0.25, -0.2) is 4.79 Å². The van der Waals surface area contributed by atoms with E-state index in [1.165, 1.54) is 83.5 Å². The van der Waals surface area contributed by atoms with E-state index in [0.29, 0.717) is 17.0 Å². The monoisotopic (exact) mass is 663 g/mol. The molecule has 0 bridgehead atoms. The van der Waals surface area contributed by atoms with E-state index in [2.05, 4.69) is 44.3 Å². The number of hydrogen-bond acceptors (Lipinski definition) is 7. The molecule has 5 unspecified atom stereocenters. The molecular formula is C33H61N3O5Si3. The van der Waals surface area contributed by atoms with Gasteiger partial charge in [-0.2, -0.15) is 4.98 Å². The molecule has 0 radical (unpaired) electrons. The average Bonchev–Trinajstić information content (AvgIpc) is 3.32. The first-order chi connectivity index (χ1) is 21.0. The number of nitrogens with two attached hydrogens (primary N) is 1. The number of aromatic nitrogens is 2. The van der Waals surface area contributed by atoms with Gasteiger partial charge in [0.25, 0.3) is 0 Å². The van der Waals surface area contributed by atoms with E-state index in [0.717, 1.165) is 12.8 Å². The van der Waals surface area contributed by atoms with Crippen molar-refractivity contribution in [3.8, 4) is 0 Å². The highest BCUT2D eigenvalue weighted by Crippen LogP contribution is 2.47. The largest absolute Gasteiger partial charge is 0.415 e. The molecule has 250 valence electrons. The van der Waals surface area contributed by atoms with E-state index in [9.17, 15) is 4.79 Å². The number of hydrogen-bond donors (Lipinski definition) is 1. The zero-order chi connectivity index (χ0) is 31.5. The van der Waals surface area contributed by atoms with Gasteiger partial charge < -0.3 is 23.7 Å². The molecule has 44 heavy (non-hydrogen) atoms. The Morgan fingerprint density at radius 2 is 1.34 bits per heavy atom. The Kier molecular flexibility index (Phi) is 11.7. The minimum Gasteiger partial charge on any atom is -0.415 e. The molecule has 1 aromatic heterocycles. The first kappa shape index (κ1) is 34.5. The maximum Gasteiger partial charge on any atom is 0.351 e. The molecule has 1 aliphatic heterocycles. The predicted molar refractivity (Wildman–Crippen MR) is 186 cm³/mol. The van der Waals surface area contributed by atoms with Crippen LogP contribution in [0.1, 0.15) is 103 Å². The number of nitrogen functional groups attached to an aromatic ring is 1. The van der Waals surface area contributed by atoms with Gasteiger partial charge in [0.05, 0.1) is 6.10 Å². The van der Waals surface area contributed by atoms with E-state index in [1.807, 2.05) is 0 Å². The molecule has 0 amide bonds. The zero-order valence-corrected chi connectivity index (χ0v) is 31.6. The van der Waals surface area contributed by atoms with Gasteiger partial charge in [-0.3, -0.25) is 4.57 Å². The Labute approximate surface area is 270 Å². The van der Waals surface area contributed by atoms with Gasteiger partial charge in [0.15, 0.2) is 31.9 Å². The van der Waals surface area contributed by atoms with Crippen LogP contribution in [0, 0.1) is 5.92 Å². The van der Waals surface area contributed by atoms with Crippen molar-refractivity contribution in [2.75, 3.05) is 5.73 Å². The van der Waals surface area contributed by atoms with Gasteiger partial charge in [-0.1, -0.05) is 83.5 Å². The molecule has 0 aromatic carbocycles. The predicted octanol–water partition coefficient (Wildman–Crippen LogP) is 7.52. The second-order valence-corrected chi connectivity index (χ2v) is 26.5. The second-order valence-electron chi connectivity index (χ2n) is 15.6. The molecule has 1 saturated heterocycles. The molecule has 1 aromatic rings. The molecule has 11 heteroatoms. The van der Waals surface area contributed by atoms with Crippen molar-refractivity contribution in [3.63, 3.8) is 0 Å². The van der Waals surface area contributed by atoms with Crippen LogP contribution in [0.4, 0.5) is 5.82 Å². The van der Waals surface area contributed by atoms with E-state index >= 15 is 0 Å². The summed E-state index contributed by atoms with van der Waals surface area (Å²) in [5.41, 5.74) is 6.78. The molecule has 0 spiro atoms. The Bertz CT molecular complexity index is 1120. The first-order valence-corrected chi connectivity index (χ1v) is 26.7. The first-order valence-electron chi connectivity index (χ1n) is 18.0. The van der Waals surface area contributed by atoms with Crippen LogP contribution < -0.4 is 11.4 Å². The van der Waals surface area contributed by atoms with Crippen molar-refractivity contribution >= 4 is 31.5 Å². The summed E-state index contributed by atoms with van der Waals surface area (Å²) < 4.78 is 30.8. The number of ether oxygens (including phenoxy) is 1. The fourth-order valence-electron chi connectivity index (χ4n) is 8.76. The van der Waals surface area contributed by atoms with Crippen LogP contribution in [-0.4, -0.2) is 59.6 Å². The van der Waals surface area contributed by atoms with Gasteiger partial charge >= 0.3 is 5.69 Å². The van der Waals surface area contributed by atoms with E-state index in [1.54, 1.807) is 16.8 Å². The van der Waals surface area contributed by atoms with Crippen molar-refractivity contribution in [2.45, 2.75) is 177 Å². The van der Waals surface area contributed by atoms with Gasteiger partial charge in [0.1, 0.15) is 24.1 Å². The summed E-state index contributed by atoms with van der Waals surface area (Å²) in [4.78, 5) is 17.6. The van der Waals surface area contributed by atoms with Gasteiger partial charge in [-0.15, -0.1) is 0 Å². The summed E-state index contributed by atoms with van der Waals surface area (Å²) in [6.45, 7) is 14.1. The van der Waals surface area contributed by atoms with E-state index < -0.39 is 43.7 Å². The molecule has 3 aliphatic carbocycles. The van der Waals surface area contributed by atoms with Crippen molar-refractivity contribution in [1.82, 2.24) is 9.55 Å². The molecule has 8 nitrogen and oxygen atoms in total. The standard InChI is InChI=1S/C33H61N3O5Si3/c1-42(2)39-28(24-16-10-7-11-17-24)29-30(40-43(3,4)25-18-12-8-13-19-25)31(41-44(5,6)26-20-14-9-15-21-26)32(38-29)36-23-22-27(34)35-33(36)37/h22-26,28-32,42H,7-21H2,1-6H3,(H2,34,35,37). The smallest absolute Gasteiger partial charge is 0.351 e. The van der Waals surface area contributed by atoms with E-state index in [-0.39, 0.29) is 24.1 Å². The van der Waals surface area contributed by atoms with Crippen LogP contribution in [0.15, 0.2) is 17.1 Å². The third kappa shape index (κ3) is 8.17. The Balaban J connectivity index is 1.58. The normalized spacial score (nSPS) is 29.3. The molecule has 5 rings (SSSR count). The molecule has 4 fully saturated rings. The topological polar surface area (TPSA) is 97.8 Å². The van der Waals surface area contributed by atoms with Crippen molar-refractivity contribution in [2.24, 2.45) is 5.92 Å². The molecule has 2 heterocycles. The summed E-state index contributed by atoms with van der Waals surface area (Å²) in [5.74, 6) is 0.654. The average molecular weight is 664 g/mol. The van der Waals surface area contributed by atoms with Crippen LogP contribution in [0.3, 0.4) is 0 Å². The third-order valence-electron chi connectivity index (χ3n) is 11.3. The lowest BCUT2D eigenvalue weighted by atomic mass is 9.82. The van der Waals surface area contributed by atoms with E-state index in [4.69, 9.17) is 23.7 Å². The van der Waals surface area contributed by atoms with Crippen LogP contribution in [0.5, 0.6) is 0 Å². The minimum absolute atomic E-state index is 0.0591. The Morgan fingerprint density at radius 3 is 1.84 bits per heavy atom. The lowest BCUT2D eigenvalue weighted by molar-refractivity contribution is -0.0965. The minimum atomic E-state index is -2.20. The summed E-state index contributed by atoms with van der Waals surface area (Å²) in [5, 5.41) is 0. The number of anilines is 1. The highest BCUT2D eigenvalue weighted by molar-refractivity contribution is 6.73. The van der Waals surface area contributed by atoms with Crippen LogP contribution >= 0.6 is 0 Å². The number of rotatable bonds is 11. The fraction of sp³-hybridized carbons (Fsp3) is 0.879. The van der Waals surface area contributed by atoms with Crippen LogP contribution in [0.2, 0.25) is 50.4 Å². The van der Waals surface area contributed by atoms with Crippen LogP contribution in [0.25, 0.3) is 0 Å². The molecular weight excluding hydrogens is 603 g/mol. The second kappa shape index (κ2) is 14.9. The van der Waals surface area contributed by atoms with Crippen molar-refractivity contribution in [1.29, 1.82) is 0 Å². The molecule has 3 saturated carbocycles. The zero-order valence-electron chi connectivity index (χ0n) is 28.5. The Morgan fingerprint density at radius 1 is 0.841 bits per heavy atom. The third-order valence-corrected chi connectivity index (χ3v) is 19.0. The van der Waals surface area contributed by atoms with Crippen molar-refractivity contribution < 1.29 is 18.0 Å². The van der Waals surface area contributed by atoms with Gasteiger partial charge in [0.2, 0.25) is 0 Å². The highest BCUT2D eigenvalue weighted by Gasteiger charge is 2.56. The van der Waals surface area contributed by atoms with Crippen LogP contribution in [-0.2, 0) is 18.0 Å². The maximum atomic E-state index is 13.4. The highest BCUT2D eigenvalue weighted by atomic mass is 28.4. The molecule has 5 atom stereocenters. The summed E-state index contributed by atoms with van der Waals surface area (Å²) in [6.07, 6.45) is 18.9. The summed E-state index contributed by atoms with van der Waals surface area (Å²) in [6, 6.07) is 1.70. The summed E-state index contributed by atoms with van der Waals surface area (Å²) in [7, 11) is -5.78. The lowest BCUT2D eigenvalue weighted by Gasteiger charge is -2.44. The van der Waals surface area contributed by atoms with Gasteiger partial charge in [-0.05, 0) is 75.2 Å². The van der Waals surface area contributed by atoms with Gasteiger partial charge in [0, 0.05) is 6.20 Å². The molecule has 2 N–H and O–H groups in total. The molecule has 4 aliphatic rings. The maximum absolute atomic E-state index is 13.4. The Hall–Kier alpha value is -0.829. The number of nitrogens with zero attached hydrogens (tertiary/aromatic N) is 2. The SMILES string of the molecule is C[SiH](C)OC(C1CCCCC1)C1OC(n2ccc(N)nc2=O)C(O[Si](C)(C)C2CCCCC2)C1O[Si](C)(C)C1CCCCC1. The summed E-state index contributed by atoms with van der Waals surface area (Å²) >= 11 is 0.